The van der Waals surface area contributed by atoms with Gasteiger partial charge in [0.25, 0.3) is 0 Å². The van der Waals surface area contributed by atoms with Gasteiger partial charge in [0.15, 0.2) is 5.96 Å². The van der Waals surface area contributed by atoms with Crippen molar-refractivity contribution in [3.8, 4) is 11.6 Å². The maximum absolute atomic E-state index is 5.67. The van der Waals surface area contributed by atoms with Crippen LogP contribution in [-0.2, 0) is 6.54 Å². The summed E-state index contributed by atoms with van der Waals surface area (Å²) in [5.74, 6) is 2.24. The lowest BCUT2D eigenvalue weighted by molar-refractivity contribution is 0.301. The SMILES string of the molecule is CCCOc1ncccc1CNC(=NC)NCCOc1ccccc1. The minimum Gasteiger partial charge on any atom is -0.492 e. The van der Waals surface area contributed by atoms with Gasteiger partial charge in [-0.2, -0.15) is 0 Å². The Labute approximate surface area is 149 Å². The van der Waals surface area contributed by atoms with Crippen LogP contribution in [0.2, 0.25) is 0 Å². The molecule has 0 bridgehead atoms. The third-order valence-electron chi connectivity index (χ3n) is 3.37. The highest BCUT2D eigenvalue weighted by Gasteiger charge is 2.05. The summed E-state index contributed by atoms with van der Waals surface area (Å²) >= 11 is 0. The van der Waals surface area contributed by atoms with Crippen molar-refractivity contribution in [2.45, 2.75) is 19.9 Å². The van der Waals surface area contributed by atoms with Crippen molar-refractivity contribution in [3.05, 3.63) is 54.2 Å². The standard InChI is InChI=1S/C19H26N4O2/c1-3-13-25-18-16(8-7-11-21-18)15-23-19(20-2)22-12-14-24-17-9-5-4-6-10-17/h4-11H,3,12-15H2,1-2H3,(H2,20,22,23). The Kier molecular flexibility index (Phi) is 8.11. The van der Waals surface area contributed by atoms with E-state index in [1.165, 1.54) is 0 Å². The molecule has 0 saturated heterocycles. The number of pyridine rings is 1. The number of rotatable bonds is 9. The summed E-state index contributed by atoms with van der Waals surface area (Å²) in [7, 11) is 1.74. The molecular formula is C19H26N4O2. The first kappa shape index (κ1) is 18.6. The Balaban J connectivity index is 1.75. The monoisotopic (exact) mass is 342 g/mol. The quantitative estimate of drug-likeness (QED) is 0.416. The highest BCUT2D eigenvalue weighted by molar-refractivity contribution is 5.79. The first-order valence-corrected chi connectivity index (χ1v) is 8.52. The minimum absolute atomic E-state index is 0.558. The molecule has 1 aromatic carbocycles. The van der Waals surface area contributed by atoms with E-state index in [2.05, 4.69) is 27.5 Å². The molecule has 0 atom stereocenters. The van der Waals surface area contributed by atoms with Crippen molar-refractivity contribution in [3.63, 3.8) is 0 Å². The molecular weight excluding hydrogens is 316 g/mol. The molecule has 0 saturated carbocycles. The second-order valence-corrected chi connectivity index (χ2v) is 5.33. The van der Waals surface area contributed by atoms with Gasteiger partial charge in [-0.05, 0) is 24.6 Å². The molecule has 0 aliphatic heterocycles. The summed E-state index contributed by atoms with van der Waals surface area (Å²) < 4.78 is 11.3. The normalized spacial score (nSPS) is 11.0. The fourth-order valence-corrected chi connectivity index (χ4v) is 2.14. The van der Waals surface area contributed by atoms with E-state index < -0.39 is 0 Å². The predicted octanol–water partition coefficient (Wildman–Crippen LogP) is 2.61. The van der Waals surface area contributed by atoms with Crippen molar-refractivity contribution in [1.82, 2.24) is 15.6 Å². The molecule has 1 aromatic heterocycles. The lowest BCUT2D eigenvalue weighted by atomic mass is 10.2. The molecule has 2 N–H and O–H groups in total. The van der Waals surface area contributed by atoms with Crippen LogP contribution in [-0.4, -0.2) is 37.7 Å². The molecule has 2 rings (SSSR count). The van der Waals surface area contributed by atoms with Gasteiger partial charge in [0.2, 0.25) is 5.88 Å². The molecule has 0 amide bonds. The number of ether oxygens (including phenoxy) is 2. The zero-order valence-electron chi connectivity index (χ0n) is 14.9. The fourth-order valence-electron chi connectivity index (χ4n) is 2.14. The summed E-state index contributed by atoms with van der Waals surface area (Å²) in [6.07, 6.45) is 2.69. The van der Waals surface area contributed by atoms with Crippen molar-refractivity contribution >= 4 is 5.96 Å². The fraction of sp³-hybridized carbons (Fsp3) is 0.368. The second kappa shape index (κ2) is 10.9. The van der Waals surface area contributed by atoms with Crippen molar-refractivity contribution in [1.29, 1.82) is 0 Å². The summed E-state index contributed by atoms with van der Waals surface area (Å²) in [6.45, 7) is 4.54. The summed E-state index contributed by atoms with van der Waals surface area (Å²) in [5.41, 5.74) is 0.999. The van der Waals surface area contributed by atoms with E-state index in [0.717, 1.165) is 17.7 Å². The Morgan fingerprint density at radius 2 is 1.88 bits per heavy atom. The summed E-state index contributed by atoms with van der Waals surface area (Å²) in [5, 5.41) is 6.49. The van der Waals surface area contributed by atoms with Crippen molar-refractivity contribution in [2.24, 2.45) is 4.99 Å². The third-order valence-corrected chi connectivity index (χ3v) is 3.37. The number of nitrogens with zero attached hydrogens (tertiary/aromatic N) is 2. The first-order valence-electron chi connectivity index (χ1n) is 8.52. The molecule has 6 nitrogen and oxygen atoms in total. The van der Waals surface area contributed by atoms with Crippen molar-refractivity contribution in [2.75, 3.05) is 26.8 Å². The van der Waals surface area contributed by atoms with E-state index >= 15 is 0 Å². The van der Waals surface area contributed by atoms with E-state index in [9.17, 15) is 0 Å². The Morgan fingerprint density at radius 1 is 1.04 bits per heavy atom. The molecule has 25 heavy (non-hydrogen) atoms. The van der Waals surface area contributed by atoms with E-state index in [1.54, 1.807) is 13.2 Å². The number of hydrogen-bond donors (Lipinski definition) is 2. The Hall–Kier alpha value is -2.76. The van der Waals surface area contributed by atoms with Gasteiger partial charge in [0.1, 0.15) is 12.4 Å². The van der Waals surface area contributed by atoms with Crippen LogP contribution in [0.5, 0.6) is 11.6 Å². The van der Waals surface area contributed by atoms with Gasteiger partial charge < -0.3 is 20.1 Å². The molecule has 0 aliphatic rings. The van der Waals surface area contributed by atoms with E-state index in [4.69, 9.17) is 9.47 Å². The zero-order chi connectivity index (χ0) is 17.7. The third kappa shape index (κ3) is 6.71. The molecule has 0 radical (unpaired) electrons. The molecule has 2 aromatic rings. The largest absolute Gasteiger partial charge is 0.492 e. The van der Waals surface area contributed by atoms with Gasteiger partial charge >= 0.3 is 0 Å². The summed E-state index contributed by atoms with van der Waals surface area (Å²) in [4.78, 5) is 8.50. The van der Waals surface area contributed by atoms with Gasteiger partial charge in [-0.15, -0.1) is 0 Å². The van der Waals surface area contributed by atoms with Gasteiger partial charge in [-0.3, -0.25) is 4.99 Å². The Morgan fingerprint density at radius 3 is 2.64 bits per heavy atom. The van der Waals surface area contributed by atoms with Gasteiger partial charge in [0.05, 0.1) is 13.2 Å². The van der Waals surface area contributed by atoms with Crippen LogP contribution in [0.25, 0.3) is 0 Å². The van der Waals surface area contributed by atoms with Crippen LogP contribution in [0, 0.1) is 0 Å². The average Bonchev–Trinajstić information content (AvgIpc) is 2.67. The number of para-hydroxylation sites is 1. The van der Waals surface area contributed by atoms with Gasteiger partial charge in [0, 0.05) is 25.4 Å². The first-order chi connectivity index (χ1) is 12.3. The van der Waals surface area contributed by atoms with Crippen LogP contribution in [0.4, 0.5) is 0 Å². The van der Waals surface area contributed by atoms with Crippen LogP contribution in [0.3, 0.4) is 0 Å². The topological polar surface area (TPSA) is 67.8 Å². The van der Waals surface area contributed by atoms with Gasteiger partial charge in [-0.1, -0.05) is 31.2 Å². The van der Waals surface area contributed by atoms with Crippen molar-refractivity contribution < 1.29 is 9.47 Å². The molecule has 134 valence electrons. The molecule has 1 heterocycles. The van der Waals surface area contributed by atoms with Crippen LogP contribution >= 0.6 is 0 Å². The van der Waals surface area contributed by atoms with E-state index in [0.29, 0.717) is 38.1 Å². The average molecular weight is 342 g/mol. The number of nitrogens with one attached hydrogen (secondary N) is 2. The smallest absolute Gasteiger partial charge is 0.218 e. The van der Waals surface area contributed by atoms with Crippen LogP contribution in [0.1, 0.15) is 18.9 Å². The number of guanidine groups is 1. The lowest BCUT2D eigenvalue weighted by Crippen LogP contribution is -2.39. The van der Waals surface area contributed by atoms with E-state index in [-0.39, 0.29) is 0 Å². The van der Waals surface area contributed by atoms with Crippen LogP contribution in [0.15, 0.2) is 53.7 Å². The van der Waals surface area contributed by atoms with Gasteiger partial charge in [-0.25, -0.2) is 4.98 Å². The number of hydrogen-bond acceptors (Lipinski definition) is 4. The molecule has 0 fully saturated rings. The second-order valence-electron chi connectivity index (χ2n) is 5.33. The zero-order valence-corrected chi connectivity index (χ0v) is 14.9. The van der Waals surface area contributed by atoms with Crippen LogP contribution < -0.4 is 20.1 Å². The molecule has 0 unspecified atom stereocenters. The lowest BCUT2D eigenvalue weighted by Gasteiger charge is -2.14. The predicted molar refractivity (Wildman–Crippen MR) is 100 cm³/mol. The number of benzene rings is 1. The molecule has 6 heteroatoms. The minimum atomic E-state index is 0.558. The van der Waals surface area contributed by atoms with E-state index in [1.807, 2.05) is 42.5 Å². The number of aliphatic imine (C=N–C) groups is 1. The Bertz CT molecular complexity index is 647. The maximum Gasteiger partial charge on any atom is 0.218 e. The summed E-state index contributed by atoms with van der Waals surface area (Å²) in [6, 6.07) is 13.6. The molecule has 0 spiro atoms. The highest BCUT2D eigenvalue weighted by atomic mass is 16.5. The number of aromatic nitrogens is 1. The molecule has 0 aliphatic carbocycles. The maximum atomic E-state index is 5.67. The highest BCUT2D eigenvalue weighted by Crippen LogP contribution is 2.14.